The second-order valence-corrected chi connectivity index (χ2v) is 2.32. The van der Waals surface area contributed by atoms with Gasteiger partial charge in [0.15, 0.2) is 0 Å². The van der Waals surface area contributed by atoms with Gasteiger partial charge < -0.3 is 0 Å². The lowest BCUT2D eigenvalue weighted by atomic mass is 10.5. The molecule has 1 rings (SSSR count). The molecule has 0 amide bonds. The van der Waals surface area contributed by atoms with E-state index in [9.17, 15) is 4.79 Å². The van der Waals surface area contributed by atoms with Gasteiger partial charge in [0.1, 0.15) is 6.29 Å². The highest BCUT2D eigenvalue weighted by molar-refractivity contribution is 7.10. The molecule has 9 heavy (non-hydrogen) atoms. The fraction of sp³-hybridized carbons (Fsp3) is 0. The first-order chi connectivity index (χ1) is 4.43. The van der Waals surface area contributed by atoms with E-state index < -0.39 is 0 Å². The Morgan fingerprint density at radius 2 is 2.56 bits per heavy atom. The highest BCUT2D eigenvalue weighted by Gasteiger charge is 1.83. The fourth-order valence-electron chi connectivity index (χ4n) is 0.442. The highest BCUT2D eigenvalue weighted by Crippen LogP contribution is 2.06. The first-order valence-corrected chi connectivity index (χ1v) is 3.32. The zero-order chi connectivity index (χ0) is 6.53. The molecule has 0 aliphatic heterocycles. The van der Waals surface area contributed by atoms with Crippen molar-refractivity contribution in [1.29, 1.82) is 0 Å². The van der Waals surface area contributed by atoms with Crippen LogP contribution in [0.3, 0.4) is 0 Å². The van der Waals surface area contributed by atoms with Crippen molar-refractivity contribution >= 4 is 23.7 Å². The van der Waals surface area contributed by atoms with Crippen molar-refractivity contribution in [2.75, 3.05) is 0 Å². The summed E-state index contributed by atoms with van der Waals surface area (Å²) in [4.78, 5) is 14.6. The SMILES string of the molecule is O=C/C=C/c1cncs1. The summed E-state index contributed by atoms with van der Waals surface area (Å²) < 4.78 is 0. The molecule has 0 saturated heterocycles. The van der Waals surface area contributed by atoms with Crippen LogP contribution in [0.15, 0.2) is 17.8 Å². The molecule has 0 N–H and O–H groups in total. The molecule has 3 heteroatoms. The van der Waals surface area contributed by atoms with Crippen molar-refractivity contribution in [3.8, 4) is 0 Å². The quantitative estimate of drug-likeness (QED) is 0.457. The summed E-state index contributed by atoms with van der Waals surface area (Å²) >= 11 is 1.51. The van der Waals surface area contributed by atoms with Crippen molar-refractivity contribution in [3.05, 3.63) is 22.7 Å². The Labute approximate surface area is 56.9 Å². The van der Waals surface area contributed by atoms with Crippen LogP contribution in [-0.2, 0) is 4.79 Å². The average Bonchev–Trinajstić information content (AvgIpc) is 2.34. The van der Waals surface area contributed by atoms with Gasteiger partial charge in [0.25, 0.3) is 0 Å². The first kappa shape index (κ1) is 6.16. The molecule has 0 aliphatic carbocycles. The average molecular weight is 139 g/mol. The number of hydrogen-bond donors (Lipinski definition) is 0. The van der Waals surface area contributed by atoms with E-state index in [0.717, 1.165) is 11.2 Å². The van der Waals surface area contributed by atoms with Gasteiger partial charge in [-0.25, -0.2) is 0 Å². The number of rotatable bonds is 2. The third-order valence-corrected chi connectivity index (χ3v) is 1.53. The minimum absolute atomic E-state index is 0.750. The molecule has 0 aromatic carbocycles. The van der Waals surface area contributed by atoms with Crippen LogP contribution in [0, 0.1) is 0 Å². The van der Waals surface area contributed by atoms with E-state index in [-0.39, 0.29) is 0 Å². The van der Waals surface area contributed by atoms with Gasteiger partial charge in [0.05, 0.1) is 5.51 Å². The number of aldehydes is 1. The number of allylic oxidation sites excluding steroid dienone is 1. The monoisotopic (exact) mass is 139 g/mol. The topological polar surface area (TPSA) is 30.0 Å². The van der Waals surface area contributed by atoms with Crippen LogP contribution in [0.2, 0.25) is 0 Å². The molecule has 0 radical (unpaired) electrons. The zero-order valence-corrected chi connectivity index (χ0v) is 5.47. The van der Waals surface area contributed by atoms with Gasteiger partial charge in [-0.05, 0) is 12.2 Å². The van der Waals surface area contributed by atoms with Gasteiger partial charge in [0, 0.05) is 11.1 Å². The van der Waals surface area contributed by atoms with Gasteiger partial charge in [-0.15, -0.1) is 11.3 Å². The highest BCUT2D eigenvalue weighted by atomic mass is 32.1. The lowest BCUT2D eigenvalue weighted by Crippen LogP contribution is -1.59. The number of thiazole rings is 1. The van der Waals surface area contributed by atoms with E-state index in [1.807, 2.05) is 0 Å². The van der Waals surface area contributed by atoms with E-state index in [2.05, 4.69) is 4.98 Å². The number of carbonyl (C=O) groups excluding carboxylic acids is 1. The molecular formula is C6H5NOS. The van der Waals surface area contributed by atoms with Crippen molar-refractivity contribution in [1.82, 2.24) is 4.98 Å². The molecule has 0 spiro atoms. The van der Waals surface area contributed by atoms with Crippen LogP contribution in [0.25, 0.3) is 6.08 Å². The van der Waals surface area contributed by atoms with Crippen molar-refractivity contribution in [2.45, 2.75) is 0 Å². The Morgan fingerprint density at radius 1 is 1.67 bits per heavy atom. The minimum Gasteiger partial charge on any atom is -0.299 e. The van der Waals surface area contributed by atoms with Crippen LogP contribution in [0.4, 0.5) is 0 Å². The maximum Gasteiger partial charge on any atom is 0.142 e. The van der Waals surface area contributed by atoms with Crippen LogP contribution in [0.5, 0.6) is 0 Å². The van der Waals surface area contributed by atoms with Gasteiger partial charge in [-0.3, -0.25) is 9.78 Å². The Bertz CT molecular complexity index is 203. The second kappa shape index (κ2) is 3.14. The molecule has 0 atom stereocenters. The molecule has 0 bridgehead atoms. The molecule has 1 aromatic rings. The fourth-order valence-corrected chi connectivity index (χ4v) is 0.964. The summed E-state index contributed by atoms with van der Waals surface area (Å²) in [6.07, 6.45) is 5.64. The van der Waals surface area contributed by atoms with Crippen LogP contribution < -0.4 is 0 Å². The summed E-state index contributed by atoms with van der Waals surface area (Å²) in [5.41, 5.74) is 1.73. The van der Waals surface area contributed by atoms with Crippen LogP contribution in [0.1, 0.15) is 4.88 Å². The summed E-state index contributed by atoms with van der Waals surface area (Å²) in [5.74, 6) is 0. The van der Waals surface area contributed by atoms with Gasteiger partial charge in [-0.2, -0.15) is 0 Å². The minimum atomic E-state index is 0.750. The Balaban J connectivity index is 2.67. The lowest BCUT2D eigenvalue weighted by Gasteiger charge is -1.72. The second-order valence-electron chi connectivity index (χ2n) is 1.40. The van der Waals surface area contributed by atoms with E-state index in [0.29, 0.717) is 0 Å². The van der Waals surface area contributed by atoms with Crippen molar-refractivity contribution in [3.63, 3.8) is 0 Å². The van der Waals surface area contributed by atoms with E-state index >= 15 is 0 Å². The third kappa shape index (κ3) is 1.77. The molecule has 46 valence electrons. The van der Waals surface area contributed by atoms with E-state index in [1.165, 1.54) is 17.4 Å². The summed E-state index contributed by atoms with van der Waals surface area (Å²) in [6.45, 7) is 0. The van der Waals surface area contributed by atoms with Gasteiger partial charge in [-0.1, -0.05) is 0 Å². The standard InChI is InChI=1S/C6H5NOS/c8-3-1-2-6-4-7-5-9-6/h1-5H/b2-1+. The van der Waals surface area contributed by atoms with Gasteiger partial charge >= 0.3 is 0 Å². The van der Waals surface area contributed by atoms with Crippen molar-refractivity contribution < 1.29 is 4.79 Å². The zero-order valence-electron chi connectivity index (χ0n) is 4.65. The van der Waals surface area contributed by atoms with Gasteiger partial charge in [0.2, 0.25) is 0 Å². The molecular weight excluding hydrogens is 134 g/mol. The molecule has 1 aromatic heterocycles. The Hall–Kier alpha value is -0.960. The Morgan fingerprint density at radius 3 is 3.11 bits per heavy atom. The number of aromatic nitrogens is 1. The summed E-state index contributed by atoms with van der Waals surface area (Å²) in [7, 11) is 0. The maximum absolute atomic E-state index is 9.80. The van der Waals surface area contributed by atoms with E-state index in [4.69, 9.17) is 0 Å². The normalized spacial score (nSPS) is 10.2. The predicted octanol–water partition coefficient (Wildman–Crippen LogP) is 1.36. The predicted molar refractivity (Wildman–Crippen MR) is 37.2 cm³/mol. The molecule has 0 unspecified atom stereocenters. The largest absolute Gasteiger partial charge is 0.299 e. The van der Waals surface area contributed by atoms with Crippen molar-refractivity contribution in [2.24, 2.45) is 0 Å². The summed E-state index contributed by atoms with van der Waals surface area (Å²) in [6, 6.07) is 0. The molecule has 0 fully saturated rings. The maximum atomic E-state index is 9.80. The van der Waals surface area contributed by atoms with E-state index in [1.54, 1.807) is 17.8 Å². The van der Waals surface area contributed by atoms with Crippen LogP contribution in [-0.4, -0.2) is 11.3 Å². The first-order valence-electron chi connectivity index (χ1n) is 2.44. The number of hydrogen-bond acceptors (Lipinski definition) is 3. The molecule has 0 saturated carbocycles. The third-order valence-electron chi connectivity index (χ3n) is 0.790. The lowest BCUT2D eigenvalue weighted by molar-refractivity contribution is -0.104. The Kier molecular flexibility index (Phi) is 2.15. The molecule has 2 nitrogen and oxygen atoms in total. The summed E-state index contributed by atoms with van der Waals surface area (Å²) in [5, 5.41) is 0. The number of carbonyl (C=O) groups is 1. The molecule has 0 aliphatic rings. The smallest absolute Gasteiger partial charge is 0.142 e. The molecule has 1 heterocycles. The van der Waals surface area contributed by atoms with Crippen LogP contribution >= 0.6 is 11.3 Å². The number of nitrogens with zero attached hydrogens (tertiary/aromatic N) is 1.